The van der Waals surface area contributed by atoms with Gasteiger partial charge in [-0.15, -0.1) is 0 Å². The fourth-order valence-electron chi connectivity index (χ4n) is 2.60. The number of nitrogens with zero attached hydrogens (tertiary/aromatic N) is 3. The van der Waals surface area contributed by atoms with Gasteiger partial charge in [-0.05, 0) is 31.0 Å². The number of piperidine rings is 1. The molecule has 1 aromatic rings. The highest BCUT2D eigenvalue weighted by atomic mass is 32.2. The van der Waals surface area contributed by atoms with Crippen LogP contribution in [0.2, 0.25) is 0 Å². The van der Waals surface area contributed by atoms with Crippen LogP contribution >= 0.6 is 0 Å². The highest BCUT2D eigenvalue weighted by molar-refractivity contribution is 7.89. The molecule has 0 bridgehead atoms. The normalized spacial score (nSPS) is 19.4. The van der Waals surface area contributed by atoms with Crippen molar-refractivity contribution in [3.8, 4) is 6.07 Å². The molecule has 0 N–H and O–H groups in total. The summed E-state index contributed by atoms with van der Waals surface area (Å²) >= 11 is 0. The van der Waals surface area contributed by atoms with Gasteiger partial charge >= 0.3 is 0 Å². The fourth-order valence-corrected chi connectivity index (χ4v) is 4.17. The Morgan fingerprint density at radius 1 is 1.41 bits per heavy atom. The topological polar surface area (TPSA) is 81.5 Å². The van der Waals surface area contributed by atoms with E-state index >= 15 is 0 Å². The maximum absolute atomic E-state index is 12.7. The quantitative estimate of drug-likeness (QED) is 0.833. The second kappa shape index (κ2) is 6.46. The molecule has 0 aliphatic carbocycles. The molecule has 1 atom stereocenters. The van der Waals surface area contributed by atoms with Crippen molar-refractivity contribution in [3.63, 3.8) is 0 Å². The van der Waals surface area contributed by atoms with Gasteiger partial charge < -0.3 is 4.90 Å². The van der Waals surface area contributed by atoms with Crippen LogP contribution in [0.25, 0.3) is 0 Å². The molecule has 22 heavy (non-hydrogen) atoms. The number of sulfonamides is 1. The van der Waals surface area contributed by atoms with E-state index in [0.717, 1.165) is 0 Å². The SMILES string of the molecule is CN(C)C(=O)[C@@H]1CCCN(S(=O)(=O)c2cccc(C#N)c2)C1. The molecule has 2 rings (SSSR count). The summed E-state index contributed by atoms with van der Waals surface area (Å²) in [5.41, 5.74) is 0.305. The maximum Gasteiger partial charge on any atom is 0.243 e. The van der Waals surface area contributed by atoms with Gasteiger partial charge in [0.1, 0.15) is 0 Å². The van der Waals surface area contributed by atoms with E-state index in [2.05, 4.69) is 0 Å². The Morgan fingerprint density at radius 2 is 2.14 bits per heavy atom. The Morgan fingerprint density at radius 3 is 2.77 bits per heavy atom. The van der Waals surface area contributed by atoms with Crippen molar-refractivity contribution in [2.75, 3.05) is 27.2 Å². The average molecular weight is 321 g/mol. The summed E-state index contributed by atoms with van der Waals surface area (Å²) in [6, 6.07) is 7.90. The van der Waals surface area contributed by atoms with Crippen molar-refractivity contribution in [1.29, 1.82) is 5.26 Å². The van der Waals surface area contributed by atoms with E-state index < -0.39 is 10.0 Å². The van der Waals surface area contributed by atoms with Crippen LogP contribution in [-0.2, 0) is 14.8 Å². The van der Waals surface area contributed by atoms with Crippen LogP contribution in [0.15, 0.2) is 29.2 Å². The lowest BCUT2D eigenvalue weighted by Gasteiger charge is -2.32. The first-order valence-electron chi connectivity index (χ1n) is 7.07. The molecule has 1 saturated heterocycles. The van der Waals surface area contributed by atoms with E-state index in [9.17, 15) is 13.2 Å². The van der Waals surface area contributed by atoms with Crippen LogP contribution < -0.4 is 0 Å². The van der Waals surface area contributed by atoms with Crippen molar-refractivity contribution >= 4 is 15.9 Å². The lowest BCUT2D eigenvalue weighted by molar-refractivity contribution is -0.134. The van der Waals surface area contributed by atoms with E-state index in [1.165, 1.54) is 21.3 Å². The molecule has 0 aromatic heterocycles. The van der Waals surface area contributed by atoms with Gasteiger partial charge in [-0.3, -0.25) is 4.79 Å². The molecule has 1 aromatic carbocycles. The molecule has 1 aliphatic rings. The van der Waals surface area contributed by atoms with Gasteiger partial charge in [0.05, 0.1) is 22.4 Å². The maximum atomic E-state index is 12.7. The summed E-state index contributed by atoms with van der Waals surface area (Å²) in [5.74, 6) is -0.358. The Balaban J connectivity index is 2.25. The summed E-state index contributed by atoms with van der Waals surface area (Å²) in [6.45, 7) is 0.590. The van der Waals surface area contributed by atoms with E-state index in [1.807, 2.05) is 6.07 Å². The summed E-state index contributed by atoms with van der Waals surface area (Å²) in [6.07, 6.45) is 1.35. The highest BCUT2D eigenvalue weighted by Crippen LogP contribution is 2.25. The van der Waals surface area contributed by atoms with Crippen LogP contribution in [0.4, 0.5) is 0 Å². The molecule has 0 unspecified atom stereocenters. The predicted molar refractivity (Wildman–Crippen MR) is 81.3 cm³/mol. The van der Waals surface area contributed by atoms with Gasteiger partial charge in [0.25, 0.3) is 0 Å². The van der Waals surface area contributed by atoms with Crippen LogP contribution in [0.1, 0.15) is 18.4 Å². The number of hydrogen-bond acceptors (Lipinski definition) is 4. The number of carbonyl (C=O) groups excluding carboxylic acids is 1. The zero-order valence-corrected chi connectivity index (χ0v) is 13.5. The predicted octanol–water partition coefficient (Wildman–Crippen LogP) is 1.05. The van der Waals surface area contributed by atoms with E-state index in [4.69, 9.17) is 5.26 Å². The monoisotopic (exact) mass is 321 g/mol. The Hall–Kier alpha value is -1.91. The molecule has 0 saturated carbocycles. The molecule has 118 valence electrons. The summed E-state index contributed by atoms with van der Waals surface area (Å²) in [7, 11) is -0.330. The zero-order valence-electron chi connectivity index (χ0n) is 12.7. The van der Waals surface area contributed by atoms with E-state index in [0.29, 0.717) is 24.9 Å². The lowest BCUT2D eigenvalue weighted by Crippen LogP contribution is -2.45. The largest absolute Gasteiger partial charge is 0.349 e. The van der Waals surface area contributed by atoms with Gasteiger partial charge in [0, 0.05) is 27.2 Å². The van der Waals surface area contributed by atoms with Crippen molar-refractivity contribution in [3.05, 3.63) is 29.8 Å². The van der Waals surface area contributed by atoms with Gasteiger partial charge in [-0.25, -0.2) is 8.42 Å². The molecule has 1 aliphatic heterocycles. The minimum absolute atomic E-state index is 0.0503. The number of carbonyl (C=O) groups is 1. The Kier molecular flexibility index (Phi) is 4.84. The first-order valence-corrected chi connectivity index (χ1v) is 8.51. The van der Waals surface area contributed by atoms with Crippen molar-refractivity contribution in [2.24, 2.45) is 5.92 Å². The van der Waals surface area contributed by atoms with Gasteiger partial charge in [-0.2, -0.15) is 9.57 Å². The lowest BCUT2D eigenvalue weighted by atomic mass is 9.98. The van der Waals surface area contributed by atoms with Gasteiger partial charge in [0.2, 0.25) is 15.9 Å². The minimum Gasteiger partial charge on any atom is -0.349 e. The molecule has 1 amide bonds. The molecule has 6 nitrogen and oxygen atoms in total. The van der Waals surface area contributed by atoms with E-state index in [1.54, 1.807) is 26.2 Å². The van der Waals surface area contributed by atoms with Crippen LogP contribution in [-0.4, -0.2) is 50.7 Å². The second-order valence-electron chi connectivity index (χ2n) is 5.57. The van der Waals surface area contributed by atoms with Crippen molar-refractivity contribution < 1.29 is 13.2 Å². The zero-order chi connectivity index (χ0) is 16.3. The average Bonchev–Trinajstić information content (AvgIpc) is 2.54. The summed E-state index contributed by atoms with van der Waals surface area (Å²) in [5, 5.41) is 8.91. The van der Waals surface area contributed by atoms with Gasteiger partial charge in [0.15, 0.2) is 0 Å². The van der Waals surface area contributed by atoms with Crippen LogP contribution in [0.5, 0.6) is 0 Å². The molecular formula is C15H19N3O3S. The first-order chi connectivity index (χ1) is 10.4. The number of rotatable bonds is 3. The molecule has 0 spiro atoms. The molecule has 1 heterocycles. The molecule has 0 radical (unpaired) electrons. The van der Waals surface area contributed by atoms with Crippen LogP contribution in [0.3, 0.4) is 0 Å². The highest BCUT2D eigenvalue weighted by Gasteiger charge is 2.33. The van der Waals surface area contributed by atoms with Gasteiger partial charge in [-0.1, -0.05) is 6.07 Å². The number of hydrogen-bond donors (Lipinski definition) is 0. The van der Waals surface area contributed by atoms with Crippen LogP contribution in [0, 0.1) is 17.2 Å². The molecule has 1 fully saturated rings. The number of amides is 1. The first kappa shape index (κ1) is 16.5. The third kappa shape index (κ3) is 3.29. The molecule has 7 heteroatoms. The Labute approximate surface area is 131 Å². The third-order valence-electron chi connectivity index (χ3n) is 3.78. The summed E-state index contributed by atoms with van der Waals surface area (Å²) in [4.78, 5) is 13.7. The third-order valence-corrected chi connectivity index (χ3v) is 5.64. The van der Waals surface area contributed by atoms with Crippen molar-refractivity contribution in [2.45, 2.75) is 17.7 Å². The molecular weight excluding hydrogens is 302 g/mol. The number of nitriles is 1. The number of benzene rings is 1. The summed E-state index contributed by atoms with van der Waals surface area (Å²) < 4.78 is 26.7. The minimum atomic E-state index is -3.68. The smallest absolute Gasteiger partial charge is 0.243 e. The second-order valence-corrected chi connectivity index (χ2v) is 7.51. The fraction of sp³-hybridized carbons (Fsp3) is 0.467. The van der Waals surface area contributed by atoms with Crippen molar-refractivity contribution in [1.82, 2.24) is 9.21 Å². The standard InChI is InChI=1S/C15H19N3O3S/c1-17(2)15(19)13-6-4-8-18(11-13)22(20,21)14-7-3-5-12(9-14)10-16/h3,5,7,9,13H,4,6,8,11H2,1-2H3/t13-/m1/s1. The van der Waals surface area contributed by atoms with E-state index in [-0.39, 0.29) is 23.3 Å². The Bertz CT molecular complexity index is 707.